The van der Waals surface area contributed by atoms with Crippen LogP contribution >= 0.6 is 0 Å². The van der Waals surface area contributed by atoms with Crippen molar-refractivity contribution in [3.63, 3.8) is 0 Å². The average Bonchev–Trinajstić information content (AvgIpc) is 2.50. The van der Waals surface area contributed by atoms with Crippen molar-refractivity contribution in [2.24, 2.45) is 0 Å². The molecule has 0 unspecified atom stereocenters. The van der Waals surface area contributed by atoms with Gasteiger partial charge in [0.2, 0.25) is 0 Å². The molecule has 1 aromatic heterocycles. The Morgan fingerprint density at radius 3 is 2.54 bits per heavy atom. The van der Waals surface area contributed by atoms with Gasteiger partial charge in [0.05, 0.1) is 0 Å². The first-order valence-electron chi connectivity index (χ1n) is 3.53. The first kappa shape index (κ1) is 9.24. The highest BCUT2D eigenvalue weighted by Crippen LogP contribution is 2.05. The fourth-order valence-corrected chi connectivity index (χ4v) is 0.781. The smallest absolute Gasteiger partial charge is 0.356 e. The fraction of sp³-hybridized carbons (Fsp3) is 0.286. The summed E-state index contributed by atoms with van der Waals surface area (Å²) in [6, 6.07) is 0.398. The Labute approximate surface area is 73.4 Å². The first-order valence-corrected chi connectivity index (χ1v) is 3.53. The van der Waals surface area contributed by atoms with Gasteiger partial charge in [-0.3, -0.25) is 4.68 Å². The molecule has 1 atom stereocenters. The van der Waals surface area contributed by atoms with E-state index in [1.807, 2.05) is 0 Å². The zero-order chi connectivity index (χ0) is 10.0. The molecular weight excluding hydrogens is 176 g/mol. The monoisotopic (exact) mass is 184 g/mol. The van der Waals surface area contributed by atoms with Gasteiger partial charge in [0.1, 0.15) is 6.04 Å². The molecular formula is C7H8N2O4. The lowest BCUT2D eigenvalue weighted by atomic mass is 10.4. The minimum absolute atomic E-state index is 0.159. The second-order valence-electron chi connectivity index (χ2n) is 2.50. The van der Waals surface area contributed by atoms with Crippen molar-refractivity contribution in [3.05, 3.63) is 18.0 Å². The molecule has 0 radical (unpaired) electrons. The highest BCUT2D eigenvalue weighted by atomic mass is 16.4. The predicted molar refractivity (Wildman–Crippen MR) is 41.5 cm³/mol. The number of hydrogen-bond donors (Lipinski definition) is 2. The third-order valence-electron chi connectivity index (χ3n) is 1.58. The number of aliphatic carboxylic acids is 1. The van der Waals surface area contributed by atoms with Gasteiger partial charge >= 0.3 is 11.9 Å². The van der Waals surface area contributed by atoms with Crippen LogP contribution in [0, 0.1) is 0 Å². The molecule has 13 heavy (non-hydrogen) atoms. The van der Waals surface area contributed by atoms with E-state index in [-0.39, 0.29) is 5.69 Å². The van der Waals surface area contributed by atoms with Gasteiger partial charge in [0.25, 0.3) is 0 Å². The van der Waals surface area contributed by atoms with Gasteiger partial charge in [0.15, 0.2) is 5.69 Å². The number of hydrogen-bond acceptors (Lipinski definition) is 3. The summed E-state index contributed by atoms with van der Waals surface area (Å²) < 4.78 is 1.09. The van der Waals surface area contributed by atoms with Gasteiger partial charge in [-0.25, -0.2) is 9.59 Å². The normalized spacial score (nSPS) is 12.4. The maximum Gasteiger partial charge on any atom is 0.356 e. The molecule has 0 saturated carbocycles. The number of carbonyl (C=O) groups is 2. The molecule has 6 heteroatoms. The summed E-state index contributed by atoms with van der Waals surface area (Å²) >= 11 is 0. The molecule has 6 nitrogen and oxygen atoms in total. The largest absolute Gasteiger partial charge is 0.480 e. The van der Waals surface area contributed by atoms with E-state index in [1.54, 1.807) is 0 Å². The van der Waals surface area contributed by atoms with Crippen LogP contribution in [0.4, 0.5) is 0 Å². The topological polar surface area (TPSA) is 92.4 Å². The summed E-state index contributed by atoms with van der Waals surface area (Å²) in [6.07, 6.45) is 1.32. The molecule has 0 bridgehead atoms. The third kappa shape index (κ3) is 1.84. The summed E-state index contributed by atoms with van der Waals surface area (Å²) in [5.41, 5.74) is -0.159. The fourth-order valence-electron chi connectivity index (χ4n) is 0.781. The van der Waals surface area contributed by atoms with E-state index in [1.165, 1.54) is 19.2 Å². The molecule has 1 heterocycles. The standard InChI is InChI=1S/C7H8N2O4/c1-4(6(10)11)9-3-2-5(8-9)7(12)13/h2-4H,1H3,(H,10,11)(H,12,13)/t4-/m1/s1. The second-order valence-corrected chi connectivity index (χ2v) is 2.50. The minimum atomic E-state index is -1.17. The summed E-state index contributed by atoms with van der Waals surface area (Å²) in [6.45, 7) is 1.42. The highest BCUT2D eigenvalue weighted by Gasteiger charge is 2.15. The van der Waals surface area contributed by atoms with Crippen molar-refractivity contribution in [3.8, 4) is 0 Å². The quantitative estimate of drug-likeness (QED) is 0.701. The number of nitrogens with zero attached hydrogens (tertiary/aromatic N) is 2. The lowest BCUT2D eigenvalue weighted by Gasteiger charge is -2.04. The summed E-state index contributed by atoms with van der Waals surface area (Å²) in [5, 5.41) is 20.6. The van der Waals surface area contributed by atoms with Crippen LogP contribution in [0.15, 0.2) is 12.3 Å². The molecule has 0 aliphatic rings. The number of carboxylic acids is 2. The maximum absolute atomic E-state index is 10.5. The maximum atomic E-state index is 10.5. The lowest BCUT2D eigenvalue weighted by molar-refractivity contribution is -0.140. The number of carboxylic acid groups (broad SMARTS) is 2. The van der Waals surface area contributed by atoms with Crippen molar-refractivity contribution in [2.45, 2.75) is 13.0 Å². The lowest BCUT2D eigenvalue weighted by Crippen LogP contribution is -2.16. The van der Waals surface area contributed by atoms with E-state index in [4.69, 9.17) is 10.2 Å². The molecule has 0 aliphatic carbocycles. The van der Waals surface area contributed by atoms with Crippen LogP contribution in [0.5, 0.6) is 0 Å². The van der Waals surface area contributed by atoms with Crippen LogP contribution in [-0.4, -0.2) is 31.9 Å². The van der Waals surface area contributed by atoms with Crippen molar-refractivity contribution in [1.29, 1.82) is 0 Å². The van der Waals surface area contributed by atoms with Crippen molar-refractivity contribution in [2.75, 3.05) is 0 Å². The van der Waals surface area contributed by atoms with E-state index in [0.29, 0.717) is 0 Å². The first-order chi connectivity index (χ1) is 6.02. The van der Waals surface area contributed by atoms with E-state index >= 15 is 0 Å². The van der Waals surface area contributed by atoms with E-state index in [9.17, 15) is 9.59 Å². The zero-order valence-corrected chi connectivity index (χ0v) is 6.84. The van der Waals surface area contributed by atoms with E-state index < -0.39 is 18.0 Å². The van der Waals surface area contributed by atoms with Gasteiger partial charge < -0.3 is 10.2 Å². The van der Waals surface area contributed by atoms with Gasteiger partial charge in [-0.2, -0.15) is 5.10 Å². The number of aromatic nitrogens is 2. The molecule has 1 aromatic rings. The third-order valence-corrected chi connectivity index (χ3v) is 1.58. The molecule has 0 aliphatic heterocycles. The Kier molecular flexibility index (Phi) is 2.32. The molecule has 0 aromatic carbocycles. The van der Waals surface area contributed by atoms with Gasteiger partial charge in [-0.1, -0.05) is 0 Å². The number of aromatic carboxylic acids is 1. The van der Waals surface area contributed by atoms with Crippen LogP contribution < -0.4 is 0 Å². The Balaban J connectivity index is 2.91. The van der Waals surface area contributed by atoms with Crippen molar-refractivity contribution in [1.82, 2.24) is 9.78 Å². The molecule has 0 amide bonds. The zero-order valence-electron chi connectivity index (χ0n) is 6.84. The van der Waals surface area contributed by atoms with Crippen LogP contribution in [-0.2, 0) is 4.79 Å². The van der Waals surface area contributed by atoms with E-state index in [0.717, 1.165) is 4.68 Å². The summed E-state index contributed by atoms with van der Waals surface area (Å²) in [5.74, 6) is -2.23. The Morgan fingerprint density at radius 2 is 2.15 bits per heavy atom. The van der Waals surface area contributed by atoms with E-state index in [2.05, 4.69) is 5.10 Å². The highest BCUT2D eigenvalue weighted by molar-refractivity contribution is 5.85. The summed E-state index contributed by atoms with van der Waals surface area (Å²) in [4.78, 5) is 20.9. The predicted octanol–water partition coefficient (Wildman–Crippen LogP) is 0.227. The molecule has 0 spiro atoms. The van der Waals surface area contributed by atoms with Crippen LogP contribution in [0.25, 0.3) is 0 Å². The van der Waals surface area contributed by atoms with Gasteiger partial charge in [-0.15, -0.1) is 0 Å². The molecule has 0 fully saturated rings. The summed E-state index contributed by atoms with van der Waals surface area (Å²) in [7, 11) is 0. The Hall–Kier alpha value is -1.85. The van der Waals surface area contributed by atoms with Gasteiger partial charge in [-0.05, 0) is 13.0 Å². The van der Waals surface area contributed by atoms with Crippen LogP contribution in [0.1, 0.15) is 23.5 Å². The molecule has 70 valence electrons. The second kappa shape index (κ2) is 3.26. The Bertz CT molecular complexity index is 344. The van der Waals surface area contributed by atoms with Crippen molar-refractivity contribution < 1.29 is 19.8 Å². The average molecular weight is 184 g/mol. The molecule has 1 rings (SSSR count). The molecule has 2 N–H and O–H groups in total. The minimum Gasteiger partial charge on any atom is -0.480 e. The number of rotatable bonds is 3. The SMILES string of the molecule is C[C@H](C(=O)O)n1ccc(C(=O)O)n1. The van der Waals surface area contributed by atoms with Crippen molar-refractivity contribution >= 4 is 11.9 Å². The molecule has 0 saturated heterocycles. The van der Waals surface area contributed by atoms with Crippen LogP contribution in [0.2, 0.25) is 0 Å². The van der Waals surface area contributed by atoms with Gasteiger partial charge in [0, 0.05) is 6.20 Å². The van der Waals surface area contributed by atoms with Crippen LogP contribution in [0.3, 0.4) is 0 Å². The Morgan fingerprint density at radius 1 is 1.54 bits per heavy atom.